The van der Waals surface area contributed by atoms with E-state index in [0.717, 1.165) is 30.4 Å². The molecule has 0 spiro atoms. The Morgan fingerprint density at radius 3 is 2.95 bits per heavy atom. The largest absolute Gasteiger partial charge is 0.465 e. The summed E-state index contributed by atoms with van der Waals surface area (Å²) in [6.45, 7) is 8.74. The van der Waals surface area contributed by atoms with E-state index in [2.05, 4.69) is 28.7 Å². The first kappa shape index (κ1) is 15.1. The first-order valence-electron chi connectivity index (χ1n) is 6.85. The van der Waals surface area contributed by atoms with E-state index >= 15 is 0 Å². The first-order valence-corrected chi connectivity index (χ1v) is 7.84. The smallest absolute Gasteiger partial charge is 0.316 e. The summed E-state index contributed by atoms with van der Waals surface area (Å²) in [6, 6.07) is 0. The highest BCUT2D eigenvalue weighted by atomic mass is 32.2. The van der Waals surface area contributed by atoms with Crippen molar-refractivity contribution < 1.29 is 9.53 Å². The summed E-state index contributed by atoms with van der Waals surface area (Å²) in [5, 5.41) is 0.764. The number of carbonyl (C=O) groups excluding carboxylic acids is 1. The van der Waals surface area contributed by atoms with Gasteiger partial charge in [0, 0.05) is 13.1 Å². The average Bonchev–Trinajstić information content (AvgIpc) is 2.78. The molecular formula is C14H21N3O2S. The van der Waals surface area contributed by atoms with E-state index < -0.39 is 0 Å². The summed E-state index contributed by atoms with van der Waals surface area (Å²) in [6.07, 6.45) is 4.64. The van der Waals surface area contributed by atoms with Crippen LogP contribution in [0, 0.1) is 5.41 Å². The lowest BCUT2D eigenvalue weighted by molar-refractivity contribution is -0.139. The summed E-state index contributed by atoms with van der Waals surface area (Å²) in [5.41, 5.74) is 0.329. The van der Waals surface area contributed by atoms with E-state index in [1.807, 2.05) is 0 Å². The highest BCUT2D eigenvalue weighted by Gasteiger charge is 2.30. The van der Waals surface area contributed by atoms with Gasteiger partial charge in [-0.3, -0.25) is 9.78 Å². The van der Waals surface area contributed by atoms with Crippen LogP contribution in [0.25, 0.3) is 0 Å². The monoisotopic (exact) mass is 295 g/mol. The average molecular weight is 295 g/mol. The Morgan fingerprint density at radius 1 is 1.50 bits per heavy atom. The normalized spacial score (nSPS) is 17.2. The first-order chi connectivity index (χ1) is 9.50. The van der Waals surface area contributed by atoms with E-state index in [-0.39, 0.29) is 11.7 Å². The second-order valence-electron chi connectivity index (χ2n) is 5.64. The van der Waals surface area contributed by atoms with Crippen molar-refractivity contribution in [2.45, 2.75) is 32.2 Å². The summed E-state index contributed by atoms with van der Waals surface area (Å²) in [5.74, 6) is 0.953. The van der Waals surface area contributed by atoms with Gasteiger partial charge in [0.15, 0.2) is 0 Å². The van der Waals surface area contributed by atoms with Crippen molar-refractivity contribution in [2.24, 2.45) is 5.41 Å². The molecule has 6 heteroatoms. The van der Waals surface area contributed by atoms with Gasteiger partial charge in [0.25, 0.3) is 0 Å². The van der Waals surface area contributed by atoms with Crippen LogP contribution in [0.15, 0.2) is 17.4 Å². The van der Waals surface area contributed by atoms with Crippen molar-refractivity contribution >= 4 is 23.5 Å². The number of hydrogen-bond acceptors (Lipinski definition) is 6. The molecule has 1 aliphatic heterocycles. The maximum Gasteiger partial charge on any atom is 0.316 e. The molecule has 5 nitrogen and oxygen atoms in total. The van der Waals surface area contributed by atoms with Crippen LogP contribution >= 0.6 is 11.8 Å². The van der Waals surface area contributed by atoms with Gasteiger partial charge in [-0.2, -0.15) is 0 Å². The second-order valence-corrected chi connectivity index (χ2v) is 6.64. The molecule has 0 N–H and O–H groups in total. The van der Waals surface area contributed by atoms with E-state index in [9.17, 15) is 4.79 Å². The molecule has 1 aliphatic rings. The topological polar surface area (TPSA) is 55.3 Å². The van der Waals surface area contributed by atoms with Crippen molar-refractivity contribution in [3.63, 3.8) is 0 Å². The fourth-order valence-corrected chi connectivity index (χ4v) is 2.85. The van der Waals surface area contributed by atoms with Crippen LogP contribution in [0.4, 0.5) is 5.82 Å². The van der Waals surface area contributed by atoms with Crippen molar-refractivity contribution in [2.75, 3.05) is 30.3 Å². The molecule has 0 atom stereocenters. The molecule has 0 amide bonds. The number of aromatic nitrogens is 2. The third-order valence-electron chi connectivity index (χ3n) is 3.24. The van der Waals surface area contributed by atoms with E-state index in [4.69, 9.17) is 4.74 Å². The predicted molar refractivity (Wildman–Crippen MR) is 80.0 cm³/mol. The molecule has 20 heavy (non-hydrogen) atoms. The lowest BCUT2D eigenvalue weighted by Gasteiger charge is -2.20. The van der Waals surface area contributed by atoms with Gasteiger partial charge in [-0.05, 0) is 18.8 Å². The van der Waals surface area contributed by atoms with Gasteiger partial charge >= 0.3 is 5.97 Å². The number of carbonyl (C=O) groups is 1. The molecule has 2 heterocycles. The molecule has 0 radical (unpaired) electrons. The quantitative estimate of drug-likeness (QED) is 0.614. The maximum absolute atomic E-state index is 11.3. The number of nitrogens with zero attached hydrogens (tertiary/aromatic N) is 3. The number of thioether (sulfide) groups is 1. The van der Waals surface area contributed by atoms with Crippen molar-refractivity contribution in [3.8, 4) is 0 Å². The molecule has 1 saturated heterocycles. The molecule has 2 rings (SSSR count). The molecule has 1 aromatic heterocycles. The van der Waals surface area contributed by atoms with Crippen LogP contribution < -0.4 is 4.90 Å². The molecular weight excluding hydrogens is 274 g/mol. The summed E-state index contributed by atoms with van der Waals surface area (Å²) >= 11 is 1.37. The van der Waals surface area contributed by atoms with Crippen molar-refractivity contribution in [3.05, 3.63) is 12.4 Å². The Balaban J connectivity index is 1.96. The predicted octanol–water partition coefficient (Wildman–Crippen LogP) is 2.37. The highest BCUT2D eigenvalue weighted by Crippen LogP contribution is 2.31. The van der Waals surface area contributed by atoms with Gasteiger partial charge in [0.1, 0.15) is 10.8 Å². The minimum atomic E-state index is -0.216. The minimum Gasteiger partial charge on any atom is -0.465 e. The van der Waals surface area contributed by atoms with Crippen LogP contribution in [-0.4, -0.2) is 41.4 Å². The molecule has 0 saturated carbocycles. The van der Waals surface area contributed by atoms with E-state index in [1.165, 1.54) is 11.8 Å². The lowest BCUT2D eigenvalue weighted by Crippen LogP contribution is -2.23. The number of hydrogen-bond donors (Lipinski definition) is 0. The Labute approximate surface area is 124 Å². The van der Waals surface area contributed by atoms with Gasteiger partial charge in [0.05, 0.1) is 24.8 Å². The van der Waals surface area contributed by atoms with Crippen LogP contribution in [-0.2, 0) is 9.53 Å². The van der Waals surface area contributed by atoms with Crippen molar-refractivity contribution in [1.82, 2.24) is 9.97 Å². The maximum atomic E-state index is 11.3. The van der Waals surface area contributed by atoms with Crippen LogP contribution in [0.1, 0.15) is 27.2 Å². The van der Waals surface area contributed by atoms with E-state index in [1.54, 1.807) is 19.3 Å². The van der Waals surface area contributed by atoms with E-state index in [0.29, 0.717) is 12.0 Å². The zero-order valence-corrected chi connectivity index (χ0v) is 13.1. The lowest BCUT2D eigenvalue weighted by atomic mass is 9.93. The molecule has 0 aliphatic carbocycles. The van der Waals surface area contributed by atoms with Gasteiger partial charge in [-0.1, -0.05) is 25.6 Å². The zero-order chi connectivity index (χ0) is 14.6. The summed E-state index contributed by atoms with van der Waals surface area (Å²) < 4.78 is 4.90. The molecule has 1 fully saturated rings. The SMILES string of the molecule is CCOC(=O)CSc1cncc(N2CCC(C)(C)C2)n1. The Kier molecular flexibility index (Phi) is 4.86. The number of anilines is 1. The van der Waals surface area contributed by atoms with Gasteiger partial charge < -0.3 is 9.64 Å². The van der Waals surface area contributed by atoms with Crippen molar-refractivity contribution in [1.29, 1.82) is 0 Å². The minimum absolute atomic E-state index is 0.216. The summed E-state index contributed by atoms with van der Waals surface area (Å²) in [7, 11) is 0. The number of rotatable bonds is 5. The van der Waals surface area contributed by atoms with Gasteiger partial charge in [-0.25, -0.2) is 4.98 Å². The highest BCUT2D eigenvalue weighted by molar-refractivity contribution is 7.99. The standard InChI is InChI=1S/C14H21N3O2S/c1-4-19-13(18)9-20-12-8-15-7-11(16-12)17-6-5-14(2,3)10-17/h7-8H,4-6,9-10H2,1-3H3. The number of ether oxygens (including phenoxy) is 1. The fraction of sp³-hybridized carbons (Fsp3) is 0.643. The van der Waals surface area contributed by atoms with Crippen LogP contribution in [0.5, 0.6) is 0 Å². The molecule has 0 bridgehead atoms. The third kappa shape index (κ3) is 4.10. The Hall–Kier alpha value is -1.30. The van der Waals surface area contributed by atoms with Crippen LogP contribution in [0.3, 0.4) is 0 Å². The summed E-state index contributed by atoms with van der Waals surface area (Å²) in [4.78, 5) is 22.4. The van der Waals surface area contributed by atoms with Crippen LogP contribution in [0.2, 0.25) is 0 Å². The molecule has 0 aromatic carbocycles. The Morgan fingerprint density at radius 2 is 2.30 bits per heavy atom. The molecule has 1 aromatic rings. The van der Waals surface area contributed by atoms with Gasteiger partial charge in [0.2, 0.25) is 0 Å². The molecule has 0 unspecified atom stereocenters. The van der Waals surface area contributed by atoms with Gasteiger partial charge in [-0.15, -0.1) is 0 Å². The third-order valence-corrected chi connectivity index (χ3v) is 4.12. The fourth-order valence-electron chi connectivity index (χ4n) is 2.20. The number of esters is 1. The molecule has 110 valence electrons. The zero-order valence-electron chi connectivity index (χ0n) is 12.3. The second kappa shape index (κ2) is 6.43. The Bertz CT molecular complexity index is 479.